The van der Waals surface area contributed by atoms with E-state index >= 15 is 0 Å². The molecule has 17 nitrogen and oxygen atoms in total. The number of nitrogens with two attached hydrogens (primary N) is 1. The van der Waals surface area contributed by atoms with Crippen molar-refractivity contribution in [3.8, 4) is 23.0 Å². The Morgan fingerprint density at radius 3 is 1.94 bits per heavy atom. The average molecular weight is 971 g/mol. The fraction of sp³-hybridized carbons (Fsp3) is 0.531. The van der Waals surface area contributed by atoms with Gasteiger partial charge in [0.15, 0.2) is 52.5 Å². The third-order valence-corrected chi connectivity index (χ3v) is 17.1. The molecule has 15 rings (SSSR count). The number of likely N-dealkylation sites (tertiary alicyclic amines) is 2. The summed E-state index contributed by atoms with van der Waals surface area (Å²) in [4.78, 5) is 37.8. The Balaban J connectivity index is 0.000000123. The summed E-state index contributed by atoms with van der Waals surface area (Å²) in [6.45, 7) is 3.97. The minimum atomic E-state index is -0.976. The van der Waals surface area contributed by atoms with Crippen LogP contribution >= 0.6 is 24.3 Å². The Morgan fingerprint density at radius 2 is 1.38 bits per heavy atom. The summed E-state index contributed by atoms with van der Waals surface area (Å²) < 4.78 is 16.3. The number of hydrogen-bond donors (Lipinski definition) is 7. The first kappa shape index (κ1) is 45.6. The topological polar surface area (TPSA) is 238 Å². The number of phenolic OH excluding ortho intramolecular Hbond substituents is 2. The van der Waals surface area contributed by atoms with E-state index in [1.807, 2.05) is 12.1 Å². The highest BCUT2D eigenvalue weighted by molar-refractivity contribution is 6.07. The monoisotopic (exact) mass is 969 g/mol. The number of carbonyl (C=O) groups excluding carboxylic acids is 1. The van der Waals surface area contributed by atoms with Crippen molar-refractivity contribution in [2.45, 2.75) is 117 Å². The number of rotatable bonds is 5. The molecule has 2 aromatic carbocycles. The van der Waals surface area contributed by atoms with Crippen LogP contribution < -0.4 is 20.7 Å². The van der Waals surface area contributed by atoms with Crippen molar-refractivity contribution in [3.05, 3.63) is 88.8 Å². The second kappa shape index (κ2) is 16.6. The molecule has 7 heterocycles. The highest BCUT2D eigenvalue weighted by Crippen LogP contribution is 2.69. The Bertz CT molecular complexity index is 2780. The Labute approximate surface area is 404 Å². The molecule has 4 unspecified atom stereocenters. The summed E-state index contributed by atoms with van der Waals surface area (Å²) in [5.74, 6) is 8.45. The molecule has 360 valence electrons. The van der Waals surface area contributed by atoms with Gasteiger partial charge >= 0.3 is 0 Å². The van der Waals surface area contributed by atoms with E-state index < -0.39 is 28.1 Å². The Hall–Kier alpha value is -4.85. The molecule has 19 heteroatoms. The number of nitrogens with one attached hydrogen (secondary N) is 2. The summed E-state index contributed by atoms with van der Waals surface area (Å²) in [5, 5.41) is 45.7. The van der Waals surface area contributed by atoms with Gasteiger partial charge in [-0.25, -0.2) is 15.8 Å². The minimum Gasteiger partial charge on any atom is -0.504 e. The summed E-state index contributed by atoms with van der Waals surface area (Å²) in [5.41, 5.74) is 7.05. The molecular weight excluding hydrogens is 913 g/mol. The number of hydrazine groups is 1. The minimum absolute atomic E-state index is 0. The molecule has 5 fully saturated rings. The molecular formula is C49H57Cl2N9O8. The predicted octanol–water partition coefficient (Wildman–Crippen LogP) is 4.86. The fourth-order valence-corrected chi connectivity index (χ4v) is 14.0. The number of fused-ring (bicyclic) bond motifs is 4. The number of hydrogen-bond acceptors (Lipinski definition) is 16. The number of carbonyl (C=O) groups is 1. The van der Waals surface area contributed by atoms with Gasteiger partial charge in [0.2, 0.25) is 0 Å². The van der Waals surface area contributed by atoms with Crippen molar-refractivity contribution in [1.29, 1.82) is 0 Å². The quantitative estimate of drug-likeness (QED) is 0.0920. The maximum absolute atomic E-state index is 12.7. The van der Waals surface area contributed by atoms with Crippen molar-refractivity contribution in [2.24, 2.45) is 17.7 Å². The van der Waals surface area contributed by atoms with E-state index in [4.69, 9.17) is 15.3 Å². The van der Waals surface area contributed by atoms with E-state index in [1.165, 1.54) is 38.4 Å². The second-order valence-electron chi connectivity index (χ2n) is 20.3. The van der Waals surface area contributed by atoms with Gasteiger partial charge in [0, 0.05) is 79.5 Å². The number of benzene rings is 2. The number of phenols is 2. The molecule has 0 amide bonds. The number of aromatic amines is 1. The number of anilines is 1. The van der Waals surface area contributed by atoms with Crippen LogP contribution in [0.3, 0.4) is 0 Å². The molecule has 5 aromatic rings. The van der Waals surface area contributed by atoms with Crippen LogP contribution in [0, 0.1) is 11.8 Å². The van der Waals surface area contributed by atoms with E-state index in [0.717, 1.165) is 103 Å². The van der Waals surface area contributed by atoms with Crippen LogP contribution in [0.1, 0.15) is 91.0 Å². The van der Waals surface area contributed by atoms with Crippen LogP contribution in [-0.2, 0) is 39.2 Å². The maximum Gasteiger partial charge on any atom is 0.174 e. The number of nitrogen functional groups attached to an aromatic ring is 1. The van der Waals surface area contributed by atoms with Crippen molar-refractivity contribution < 1.29 is 39.0 Å². The van der Waals surface area contributed by atoms with Gasteiger partial charge in [-0.1, -0.05) is 12.1 Å². The maximum atomic E-state index is 12.7. The number of aromatic hydroxyl groups is 2. The van der Waals surface area contributed by atoms with Crippen LogP contribution in [0.4, 0.5) is 5.82 Å². The average Bonchev–Trinajstić information content (AvgIpc) is 4.23. The van der Waals surface area contributed by atoms with Crippen LogP contribution in [0.5, 0.6) is 23.0 Å². The van der Waals surface area contributed by atoms with Gasteiger partial charge in [0.05, 0.1) is 52.9 Å². The van der Waals surface area contributed by atoms with Crippen molar-refractivity contribution in [1.82, 2.24) is 34.7 Å². The molecule has 68 heavy (non-hydrogen) atoms. The highest BCUT2D eigenvalue weighted by atomic mass is 35.5. The smallest absolute Gasteiger partial charge is 0.174 e. The van der Waals surface area contributed by atoms with Gasteiger partial charge in [0.25, 0.3) is 0 Å². The largest absolute Gasteiger partial charge is 0.504 e. The van der Waals surface area contributed by atoms with Crippen molar-refractivity contribution in [3.63, 3.8) is 0 Å². The van der Waals surface area contributed by atoms with Crippen LogP contribution in [-0.4, -0.2) is 124 Å². The van der Waals surface area contributed by atoms with Gasteiger partial charge in [0.1, 0.15) is 5.52 Å². The van der Waals surface area contributed by atoms with E-state index in [9.17, 15) is 25.2 Å². The molecule has 2 spiro atoms. The third kappa shape index (κ3) is 6.45. The van der Waals surface area contributed by atoms with E-state index in [2.05, 4.69) is 56.3 Å². The molecule has 4 aliphatic heterocycles. The standard InChI is InChI=1S/C24H24N4O3.C20H23NO4.C4H6N4.CH3ClO.ClH/c29-15-4-3-13-9-16-24(30)10-14-18(27-22-19(14)25-6-7-26-22)21-23(24,17(13)20(15)31-21)5-8-28(16)11-12-1-2-12;22-13-4-3-12-9-15-20(24)6-5-14(23)18-19(20,16(12)17(13)25-18)7-8-21(15)10-11-1-2-11;5-8-4-3-6-1-2-7-4;1-3-2;/h3-4,6-7,12,16,21,29-30H,1-2,5,8-11H2,(H,26,27);3-4,11,15,18,22,24H,1-2,5-10H2;1-3H,5H2,(H,7,8);1H3;1H/t16?,21?,23-,24+;15?,18?,19-,20+;;;/m00.../s1. The van der Waals surface area contributed by atoms with Crippen LogP contribution in [0.2, 0.25) is 0 Å². The number of Topliss-reactive ketones (excluding diaryl/α,β-unsaturated/α-hetero) is 1. The zero-order valence-corrected chi connectivity index (χ0v) is 39.3. The van der Waals surface area contributed by atoms with Gasteiger partial charge < -0.3 is 40.3 Å². The summed E-state index contributed by atoms with van der Waals surface area (Å²) in [6, 6.07) is 7.52. The number of piperidine rings is 2. The van der Waals surface area contributed by atoms with E-state index in [1.54, 1.807) is 43.1 Å². The van der Waals surface area contributed by atoms with Gasteiger partial charge in [-0.2, -0.15) is 0 Å². The number of nitrogens with zero attached hydrogens (tertiary/aromatic N) is 6. The predicted molar refractivity (Wildman–Crippen MR) is 252 cm³/mol. The summed E-state index contributed by atoms with van der Waals surface area (Å²) >= 11 is 4.50. The molecule has 8 N–H and O–H groups in total. The van der Waals surface area contributed by atoms with E-state index in [-0.39, 0.29) is 47.9 Å². The van der Waals surface area contributed by atoms with Gasteiger partial charge in [-0.05, 0) is 106 Å². The number of halogens is 2. The molecule has 10 aliphatic rings. The lowest BCUT2D eigenvalue weighted by atomic mass is 9.49. The molecule has 8 atom stereocenters. The number of ether oxygens (including phenoxy) is 2. The highest BCUT2D eigenvalue weighted by Gasteiger charge is 2.74. The van der Waals surface area contributed by atoms with Gasteiger partial charge in [-0.3, -0.25) is 28.9 Å². The number of aliphatic hydroxyl groups is 2. The first-order valence-electron chi connectivity index (χ1n) is 23.7. The molecule has 2 saturated heterocycles. The summed E-state index contributed by atoms with van der Waals surface area (Å²) in [6.07, 6.45) is 16.8. The van der Waals surface area contributed by atoms with Crippen molar-refractivity contribution >= 4 is 47.0 Å². The lowest BCUT2D eigenvalue weighted by Crippen LogP contribution is -2.76. The molecule has 4 bridgehead atoms. The fourth-order valence-electron chi connectivity index (χ4n) is 14.0. The van der Waals surface area contributed by atoms with Crippen LogP contribution in [0.25, 0.3) is 11.2 Å². The first-order chi connectivity index (χ1) is 32.5. The van der Waals surface area contributed by atoms with Crippen molar-refractivity contribution in [2.75, 3.05) is 38.7 Å². The second-order valence-corrected chi connectivity index (χ2v) is 20.6. The molecule has 0 radical (unpaired) electrons. The lowest BCUT2D eigenvalue weighted by molar-refractivity contribution is -0.188. The number of aromatic nitrogens is 5. The van der Waals surface area contributed by atoms with Crippen LogP contribution in [0.15, 0.2) is 55.2 Å². The zero-order valence-electron chi connectivity index (χ0n) is 37.7. The summed E-state index contributed by atoms with van der Waals surface area (Å²) in [7, 11) is 1.39. The zero-order chi connectivity index (χ0) is 46.0. The Kier molecular flexibility index (Phi) is 11.2. The Morgan fingerprint density at radius 1 is 0.824 bits per heavy atom. The molecule has 3 aromatic heterocycles. The van der Waals surface area contributed by atoms with Gasteiger partial charge in [-0.15, -0.1) is 12.4 Å². The molecule has 3 saturated carbocycles. The number of H-pyrrole nitrogens is 1. The number of ketones is 1. The lowest BCUT2D eigenvalue weighted by Gasteiger charge is -2.62. The first-order valence-corrected chi connectivity index (χ1v) is 24.0. The molecule has 6 aliphatic carbocycles. The SMILES string of the molecule is COCl.Cl.NNc1cnccn1.O=C1CC[C@@]2(O)C3Cc4ccc(O)c5c4[C@@]2(CCN3CC2CC2)C1O5.Oc1ccc2c3c1OC1c4[nH]c5nccnc5c4C[C@@]4(O)C(C2)N(CC2CC2)CC[C@]314. The normalized spacial score (nSPS) is 32.5. The third-order valence-electron chi connectivity index (χ3n) is 17.1. The van der Waals surface area contributed by atoms with E-state index in [0.29, 0.717) is 36.6 Å².